The van der Waals surface area contributed by atoms with Crippen LogP contribution in [0.1, 0.15) is 23.8 Å². The molecule has 1 unspecified atom stereocenters. The Morgan fingerprint density at radius 2 is 2.05 bits per heavy atom. The Morgan fingerprint density at radius 3 is 2.67 bits per heavy atom. The van der Waals surface area contributed by atoms with E-state index in [1.165, 1.54) is 13.2 Å². The van der Waals surface area contributed by atoms with E-state index < -0.39 is 15.6 Å². The summed E-state index contributed by atoms with van der Waals surface area (Å²) >= 11 is 0. The number of sulfonamides is 1. The van der Waals surface area contributed by atoms with Crippen LogP contribution in [-0.4, -0.2) is 20.1 Å². The Kier molecular flexibility index (Phi) is 4.51. The molecule has 0 amide bonds. The first-order chi connectivity index (χ1) is 9.78. The fourth-order valence-corrected chi connectivity index (χ4v) is 3.22. The molecular formula is C15H19NO4S. The van der Waals surface area contributed by atoms with Crippen LogP contribution in [0.4, 0.5) is 0 Å². The molecule has 21 heavy (non-hydrogen) atoms. The molecule has 6 heteroatoms. The maximum atomic E-state index is 12.1. The summed E-state index contributed by atoms with van der Waals surface area (Å²) in [6.45, 7) is 3.26. The second-order valence-electron chi connectivity index (χ2n) is 5.32. The van der Waals surface area contributed by atoms with E-state index in [1.54, 1.807) is 18.2 Å². The summed E-state index contributed by atoms with van der Waals surface area (Å²) in [5, 5.41) is 10.2. The monoisotopic (exact) mass is 309 g/mol. The van der Waals surface area contributed by atoms with E-state index in [-0.39, 0.29) is 12.3 Å². The van der Waals surface area contributed by atoms with Crippen molar-refractivity contribution in [3.63, 3.8) is 0 Å². The molecule has 0 spiro atoms. The summed E-state index contributed by atoms with van der Waals surface area (Å²) in [6, 6.07) is 10.6. The maximum Gasteiger partial charge on any atom is 0.215 e. The van der Waals surface area contributed by atoms with Crippen molar-refractivity contribution in [2.75, 3.05) is 6.54 Å². The Labute approximate surface area is 124 Å². The first-order valence-electron chi connectivity index (χ1n) is 6.58. The lowest BCUT2D eigenvalue weighted by Crippen LogP contribution is -2.38. The van der Waals surface area contributed by atoms with Crippen molar-refractivity contribution in [1.82, 2.24) is 4.72 Å². The number of furan rings is 1. The van der Waals surface area contributed by atoms with Gasteiger partial charge < -0.3 is 9.52 Å². The van der Waals surface area contributed by atoms with Gasteiger partial charge in [0.2, 0.25) is 10.0 Å². The quantitative estimate of drug-likeness (QED) is 0.854. The summed E-state index contributed by atoms with van der Waals surface area (Å²) in [4.78, 5) is 0. The fourth-order valence-electron chi connectivity index (χ4n) is 1.99. The predicted octanol–water partition coefficient (Wildman–Crippen LogP) is 1.92. The third-order valence-electron chi connectivity index (χ3n) is 3.13. The average molecular weight is 309 g/mol. The molecule has 0 aliphatic heterocycles. The van der Waals surface area contributed by atoms with Gasteiger partial charge in [-0.3, -0.25) is 0 Å². The molecule has 114 valence electrons. The van der Waals surface area contributed by atoms with Crippen LogP contribution in [0.25, 0.3) is 0 Å². The molecule has 0 aliphatic rings. The molecule has 0 bridgehead atoms. The molecule has 0 fully saturated rings. The Bertz CT molecular complexity index is 690. The molecule has 0 aliphatic carbocycles. The summed E-state index contributed by atoms with van der Waals surface area (Å²) < 4.78 is 31.7. The average Bonchev–Trinajstić information content (AvgIpc) is 2.91. The van der Waals surface area contributed by atoms with Crippen LogP contribution in [0, 0.1) is 6.92 Å². The van der Waals surface area contributed by atoms with Crippen molar-refractivity contribution in [2.24, 2.45) is 0 Å². The zero-order valence-corrected chi connectivity index (χ0v) is 12.9. The molecule has 0 saturated heterocycles. The maximum absolute atomic E-state index is 12.1. The van der Waals surface area contributed by atoms with E-state index in [2.05, 4.69) is 4.72 Å². The number of nitrogens with one attached hydrogen (secondary N) is 1. The number of hydrogen-bond acceptors (Lipinski definition) is 4. The minimum absolute atomic E-state index is 0.122. The van der Waals surface area contributed by atoms with Crippen molar-refractivity contribution in [3.8, 4) is 0 Å². The SMILES string of the molecule is Cc1cccc(CS(=O)(=O)NCC(C)(O)c2ccco2)c1. The molecule has 5 nitrogen and oxygen atoms in total. The molecule has 1 atom stereocenters. The van der Waals surface area contributed by atoms with E-state index in [1.807, 2.05) is 25.1 Å². The zero-order chi connectivity index (χ0) is 15.5. The first-order valence-corrected chi connectivity index (χ1v) is 8.23. The van der Waals surface area contributed by atoms with Gasteiger partial charge in [-0.15, -0.1) is 0 Å². The van der Waals surface area contributed by atoms with Crippen LogP contribution < -0.4 is 4.72 Å². The van der Waals surface area contributed by atoms with Gasteiger partial charge in [-0.25, -0.2) is 13.1 Å². The van der Waals surface area contributed by atoms with Crippen LogP contribution >= 0.6 is 0 Å². The highest BCUT2D eigenvalue weighted by Gasteiger charge is 2.28. The Morgan fingerprint density at radius 1 is 1.29 bits per heavy atom. The third-order valence-corrected chi connectivity index (χ3v) is 4.43. The highest BCUT2D eigenvalue weighted by molar-refractivity contribution is 7.88. The molecule has 1 heterocycles. The van der Waals surface area contributed by atoms with Crippen LogP contribution in [0.2, 0.25) is 0 Å². The van der Waals surface area contributed by atoms with E-state index in [9.17, 15) is 13.5 Å². The Hall–Kier alpha value is -1.63. The topological polar surface area (TPSA) is 79.5 Å². The Balaban J connectivity index is 2.02. The third kappa shape index (κ3) is 4.42. The second kappa shape index (κ2) is 6.01. The normalized spacial score (nSPS) is 14.8. The predicted molar refractivity (Wildman–Crippen MR) is 80.1 cm³/mol. The lowest BCUT2D eigenvalue weighted by atomic mass is 10.1. The number of hydrogen-bond donors (Lipinski definition) is 2. The van der Waals surface area contributed by atoms with Crippen molar-refractivity contribution in [1.29, 1.82) is 0 Å². The molecule has 2 rings (SSSR count). The van der Waals surface area contributed by atoms with Crippen molar-refractivity contribution < 1.29 is 17.9 Å². The molecule has 2 N–H and O–H groups in total. The lowest BCUT2D eigenvalue weighted by Gasteiger charge is -2.21. The van der Waals surface area contributed by atoms with Crippen molar-refractivity contribution >= 4 is 10.0 Å². The smallest absolute Gasteiger partial charge is 0.215 e. The summed E-state index contributed by atoms with van der Waals surface area (Å²) in [5.74, 6) is 0.198. The van der Waals surface area contributed by atoms with Crippen LogP contribution in [0.3, 0.4) is 0 Å². The van der Waals surface area contributed by atoms with Crippen LogP contribution in [0.5, 0.6) is 0 Å². The van der Waals surface area contributed by atoms with E-state index in [4.69, 9.17) is 4.42 Å². The number of aliphatic hydroxyl groups is 1. The highest BCUT2D eigenvalue weighted by Crippen LogP contribution is 2.20. The molecule has 0 saturated carbocycles. The van der Waals surface area contributed by atoms with E-state index in [0.29, 0.717) is 11.3 Å². The molecule has 0 radical (unpaired) electrons. The van der Waals surface area contributed by atoms with Gasteiger partial charge in [0.15, 0.2) is 0 Å². The molecular weight excluding hydrogens is 290 g/mol. The summed E-state index contributed by atoms with van der Waals surface area (Å²) in [6.07, 6.45) is 1.44. The number of rotatable bonds is 6. The summed E-state index contributed by atoms with van der Waals surface area (Å²) in [7, 11) is -3.53. The first kappa shape index (κ1) is 15.8. The van der Waals surface area contributed by atoms with Gasteiger partial charge in [0.25, 0.3) is 0 Å². The molecule has 1 aromatic carbocycles. The van der Waals surface area contributed by atoms with Gasteiger partial charge in [0, 0.05) is 6.54 Å². The van der Waals surface area contributed by atoms with Crippen LogP contribution in [-0.2, 0) is 21.4 Å². The summed E-state index contributed by atoms with van der Waals surface area (Å²) in [5.41, 5.74) is 0.328. The van der Waals surface area contributed by atoms with Gasteiger partial charge in [0.1, 0.15) is 11.4 Å². The molecule has 1 aromatic heterocycles. The lowest BCUT2D eigenvalue weighted by molar-refractivity contribution is 0.0395. The van der Waals surface area contributed by atoms with Crippen molar-refractivity contribution in [2.45, 2.75) is 25.2 Å². The minimum atomic E-state index is -3.53. The largest absolute Gasteiger partial charge is 0.466 e. The van der Waals surface area contributed by atoms with Gasteiger partial charge in [-0.2, -0.15) is 0 Å². The van der Waals surface area contributed by atoms with Gasteiger partial charge in [-0.1, -0.05) is 29.8 Å². The number of aryl methyl sites for hydroxylation is 1. The fraction of sp³-hybridized carbons (Fsp3) is 0.333. The minimum Gasteiger partial charge on any atom is -0.466 e. The standard InChI is InChI=1S/C15H19NO4S/c1-12-5-3-6-13(9-12)10-21(18,19)16-11-15(2,17)14-7-4-8-20-14/h3-9,16-17H,10-11H2,1-2H3. The zero-order valence-electron chi connectivity index (χ0n) is 12.0. The molecule has 2 aromatic rings. The van der Waals surface area contributed by atoms with E-state index >= 15 is 0 Å². The number of benzene rings is 1. The highest BCUT2D eigenvalue weighted by atomic mass is 32.2. The van der Waals surface area contributed by atoms with Gasteiger partial charge >= 0.3 is 0 Å². The van der Waals surface area contributed by atoms with Crippen LogP contribution in [0.15, 0.2) is 47.1 Å². The van der Waals surface area contributed by atoms with Gasteiger partial charge in [-0.05, 0) is 31.5 Å². The second-order valence-corrected chi connectivity index (χ2v) is 7.13. The van der Waals surface area contributed by atoms with Crippen molar-refractivity contribution in [3.05, 3.63) is 59.5 Å². The van der Waals surface area contributed by atoms with E-state index in [0.717, 1.165) is 5.56 Å². The van der Waals surface area contributed by atoms with Gasteiger partial charge in [0.05, 0.1) is 12.0 Å².